The van der Waals surface area contributed by atoms with Crippen molar-refractivity contribution >= 4 is 0 Å². The molecule has 0 saturated carbocycles. The zero-order valence-corrected chi connectivity index (χ0v) is 13.3. The smallest absolute Gasteiger partial charge is 0.328 e. The minimum absolute atomic E-state index is 0.129. The molecule has 7 nitrogen and oxygen atoms in total. The second kappa shape index (κ2) is 7.64. The van der Waals surface area contributed by atoms with Crippen LogP contribution in [0.3, 0.4) is 0 Å². The predicted molar refractivity (Wildman–Crippen MR) is 87.3 cm³/mol. The van der Waals surface area contributed by atoms with Gasteiger partial charge in [-0.3, -0.25) is 14.8 Å². The van der Waals surface area contributed by atoms with Crippen molar-refractivity contribution in [2.75, 3.05) is 27.2 Å². The van der Waals surface area contributed by atoms with Crippen molar-refractivity contribution < 1.29 is 9.84 Å². The van der Waals surface area contributed by atoms with E-state index < -0.39 is 17.1 Å². The third kappa shape index (κ3) is 5.00. The molecule has 0 aliphatic heterocycles. The third-order valence-electron chi connectivity index (χ3n) is 3.34. The van der Waals surface area contributed by atoms with Gasteiger partial charge in [0.2, 0.25) is 5.88 Å². The Morgan fingerprint density at radius 3 is 2.43 bits per heavy atom. The van der Waals surface area contributed by atoms with Crippen LogP contribution in [0.2, 0.25) is 0 Å². The van der Waals surface area contributed by atoms with Crippen molar-refractivity contribution in [2.45, 2.75) is 12.8 Å². The first-order valence-electron chi connectivity index (χ1n) is 7.36. The van der Waals surface area contributed by atoms with Crippen LogP contribution in [0, 0.1) is 0 Å². The molecule has 0 atom stereocenters. The maximum atomic E-state index is 11.7. The Morgan fingerprint density at radius 1 is 1.13 bits per heavy atom. The highest BCUT2D eigenvalue weighted by atomic mass is 16.5. The molecular weight excluding hydrogens is 298 g/mol. The fourth-order valence-corrected chi connectivity index (χ4v) is 2.14. The minimum atomic E-state index is -0.724. The van der Waals surface area contributed by atoms with Crippen LogP contribution in [-0.2, 0) is 6.42 Å². The Labute approximate surface area is 133 Å². The highest BCUT2D eigenvalue weighted by molar-refractivity contribution is 5.33. The summed E-state index contributed by atoms with van der Waals surface area (Å²) < 4.78 is 5.63. The maximum absolute atomic E-state index is 11.7. The van der Waals surface area contributed by atoms with Gasteiger partial charge in [-0.25, -0.2) is 4.79 Å². The van der Waals surface area contributed by atoms with E-state index in [0.29, 0.717) is 6.61 Å². The van der Waals surface area contributed by atoms with E-state index in [4.69, 9.17) is 4.74 Å². The predicted octanol–water partition coefficient (Wildman–Crippen LogP) is 0.690. The van der Waals surface area contributed by atoms with Crippen LogP contribution in [0.25, 0.3) is 0 Å². The zero-order valence-electron chi connectivity index (χ0n) is 13.3. The molecule has 2 aromatic rings. The summed E-state index contributed by atoms with van der Waals surface area (Å²) in [7, 11) is 4.03. The molecule has 0 unspecified atom stereocenters. The van der Waals surface area contributed by atoms with Gasteiger partial charge in [0.05, 0.1) is 12.2 Å². The molecule has 1 aromatic carbocycles. The molecule has 0 spiro atoms. The molecule has 0 fully saturated rings. The molecule has 0 aliphatic carbocycles. The van der Waals surface area contributed by atoms with Crippen molar-refractivity contribution in [1.82, 2.24) is 14.9 Å². The molecule has 0 saturated heterocycles. The number of benzene rings is 1. The van der Waals surface area contributed by atoms with Gasteiger partial charge in [-0.1, -0.05) is 12.1 Å². The summed E-state index contributed by atoms with van der Waals surface area (Å²) in [5.41, 5.74) is -0.351. The number of aromatic hydroxyl groups is 1. The number of aromatic amines is 2. The van der Waals surface area contributed by atoms with Crippen molar-refractivity contribution in [2.24, 2.45) is 0 Å². The van der Waals surface area contributed by atoms with Crippen molar-refractivity contribution in [3.8, 4) is 11.6 Å². The summed E-state index contributed by atoms with van der Waals surface area (Å²) in [5, 5.41) is 9.67. The first-order chi connectivity index (χ1) is 11.0. The van der Waals surface area contributed by atoms with E-state index in [1.54, 1.807) is 0 Å². The second-order valence-electron chi connectivity index (χ2n) is 5.56. The van der Waals surface area contributed by atoms with Crippen molar-refractivity contribution in [1.29, 1.82) is 0 Å². The normalized spacial score (nSPS) is 10.9. The SMILES string of the molecule is CN(C)CCCOc1ccc(Cc2c(O)[nH]c(=O)[nH]c2=O)cc1. The minimum Gasteiger partial charge on any atom is -0.494 e. The van der Waals surface area contributed by atoms with Gasteiger partial charge in [-0.2, -0.15) is 0 Å². The van der Waals surface area contributed by atoms with E-state index in [1.165, 1.54) is 0 Å². The van der Waals surface area contributed by atoms with Gasteiger partial charge >= 0.3 is 5.69 Å². The van der Waals surface area contributed by atoms with Crippen molar-refractivity contribution in [3.63, 3.8) is 0 Å². The molecule has 0 amide bonds. The Kier molecular flexibility index (Phi) is 5.59. The quantitative estimate of drug-likeness (QED) is 0.652. The summed E-state index contributed by atoms with van der Waals surface area (Å²) >= 11 is 0. The first kappa shape index (κ1) is 16.8. The second-order valence-corrected chi connectivity index (χ2v) is 5.56. The van der Waals surface area contributed by atoms with Crippen LogP contribution in [-0.4, -0.2) is 47.2 Å². The summed E-state index contributed by atoms with van der Waals surface area (Å²) in [6, 6.07) is 7.29. The van der Waals surface area contributed by atoms with Crippen LogP contribution in [0.5, 0.6) is 11.6 Å². The molecule has 1 heterocycles. The average molecular weight is 319 g/mol. The molecule has 23 heavy (non-hydrogen) atoms. The van der Waals surface area contributed by atoms with Gasteiger partial charge in [0.15, 0.2) is 0 Å². The maximum Gasteiger partial charge on any atom is 0.328 e. The lowest BCUT2D eigenvalue weighted by Gasteiger charge is -2.10. The average Bonchev–Trinajstić information content (AvgIpc) is 2.48. The molecule has 7 heteroatoms. The van der Waals surface area contributed by atoms with Gasteiger partial charge in [0.1, 0.15) is 5.75 Å². The lowest BCUT2D eigenvalue weighted by molar-refractivity contribution is 0.281. The number of H-pyrrole nitrogens is 2. The monoisotopic (exact) mass is 319 g/mol. The number of hydrogen-bond donors (Lipinski definition) is 3. The van der Waals surface area contributed by atoms with Crippen molar-refractivity contribution in [3.05, 3.63) is 56.2 Å². The standard InChI is InChI=1S/C16H21N3O4/c1-19(2)8-3-9-23-12-6-4-11(5-7-12)10-13-14(20)17-16(22)18-15(13)21/h4-7H,3,8-10H2,1-2H3,(H3,17,18,20,21,22). The van der Waals surface area contributed by atoms with Gasteiger partial charge in [0, 0.05) is 13.0 Å². The first-order valence-corrected chi connectivity index (χ1v) is 7.36. The van der Waals surface area contributed by atoms with E-state index in [2.05, 4.69) is 14.9 Å². The Bertz CT molecular complexity index is 747. The van der Waals surface area contributed by atoms with Gasteiger partial charge < -0.3 is 14.7 Å². The summed E-state index contributed by atoms with van der Waals surface area (Å²) in [5.74, 6) is 0.356. The van der Waals surface area contributed by atoms with Crippen LogP contribution in [0.15, 0.2) is 33.9 Å². The molecular formula is C16H21N3O4. The zero-order chi connectivity index (χ0) is 16.8. The molecule has 2 rings (SSSR count). The van der Waals surface area contributed by atoms with E-state index in [1.807, 2.05) is 38.4 Å². The molecule has 3 N–H and O–H groups in total. The molecule has 1 aromatic heterocycles. The van der Waals surface area contributed by atoms with Gasteiger partial charge in [-0.05, 0) is 38.2 Å². The van der Waals surface area contributed by atoms with Gasteiger partial charge in [0.25, 0.3) is 5.56 Å². The number of aromatic nitrogens is 2. The largest absolute Gasteiger partial charge is 0.494 e. The highest BCUT2D eigenvalue weighted by Gasteiger charge is 2.09. The van der Waals surface area contributed by atoms with E-state index in [9.17, 15) is 14.7 Å². The van der Waals surface area contributed by atoms with Gasteiger partial charge in [-0.15, -0.1) is 0 Å². The van der Waals surface area contributed by atoms with Crippen LogP contribution in [0.4, 0.5) is 0 Å². The Balaban J connectivity index is 1.98. The van der Waals surface area contributed by atoms with E-state index >= 15 is 0 Å². The third-order valence-corrected chi connectivity index (χ3v) is 3.34. The van der Waals surface area contributed by atoms with Crippen LogP contribution >= 0.6 is 0 Å². The van der Waals surface area contributed by atoms with Crippen LogP contribution in [0.1, 0.15) is 17.5 Å². The summed E-state index contributed by atoms with van der Waals surface area (Å²) in [6.45, 7) is 1.60. The number of nitrogens with zero attached hydrogens (tertiary/aromatic N) is 1. The highest BCUT2D eigenvalue weighted by Crippen LogP contribution is 2.16. The number of ether oxygens (including phenoxy) is 1. The molecule has 0 radical (unpaired) electrons. The number of hydrogen-bond acceptors (Lipinski definition) is 5. The fraction of sp³-hybridized carbons (Fsp3) is 0.375. The fourth-order valence-electron chi connectivity index (χ4n) is 2.14. The summed E-state index contributed by atoms with van der Waals surface area (Å²) in [6.07, 6.45) is 1.16. The number of nitrogens with one attached hydrogen (secondary N) is 2. The van der Waals surface area contributed by atoms with Crippen LogP contribution < -0.4 is 16.0 Å². The topological polar surface area (TPSA) is 98.4 Å². The van der Waals surface area contributed by atoms with E-state index in [0.717, 1.165) is 24.3 Å². The van der Waals surface area contributed by atoms with E-state index in [-0.39, 0.29) is 12.0 Å². The molecule has 0 aliphatic rings. The summed E-state index contributed by atoms with van der Waals surface area (Å²) in [4.78, 5) is 29.1. The lowest BCUT2D eigenvalue weighted by Crippen LogP contribution is -2.25. The lowest BCUT2D eigenvalue weighted by atomic mass is 10.1. The Hall–Kier alpha value is -2.54. The molecule has 0 bridgehead atoms. The molecule has 124 valence electrons. The number of rotatable bonds is 7. The Morgan fingerprint density at radius 2 is 1.83 bits per heavy atom.